The van der Waals surface area contributed by atoms with Crippen LogP contribution in [-0.2, 0) is 18.4 Å². The Morgan fingerprint density at radius 1 is 1.33 bits per heavy atom. The Labute approximate surface area is 178 Å². The van der Waals surface area contributed by atoms with E-state index in [-0.39, 0.29) is 18.8 Å². The molecule has 1 saturated carbocycles. The van der Waals surface area contributed by atoms with E-state index < -0.39 is 0 Å². The summed E-state index contributed by atoms with van der Waals surface area (Å²) in [5.74, 6) is 1.52. The maximum Gasteiger partial charge on any atom is 0.409 e. The van der Waals surface area contributed by atoms with Crippen LogP contribution in [0.4, 0.5) is 4.79 Å². The van der Waals surface area contributed by atoms with Crippen LogP contribution in [0.2, 0.25) is 0 Å². The third-order valence-corrected chi connectivity index (χ3v) is 5.61. The van der Waals surface area contributed by atoms with Gasteiger partial charge in [-0.1, -0.05) is 25.5 Å². The van der Waals surface area contributed by atoms with Gasteiger partial charge in [0.15, 0.2) is 0 Å². The molecular formula is C22H33N5O3. The van der Waals surface area contributed by atoms with E-state index in [0.29, 0.717) is 29.5 Å². The molecule has 164 valence electrons. The van der Waals surface area contributed by atoms with Crippen LogP contribution in [0.15, 0.2) is 12.1 Å². The van der Waals surface area contributed by atoms with Crippen molar-refractivity contribution in [1.29, 1.82) is 0 Å². The number of aryl methyl sites for hydroxylation is 2. The van der Waals surface area contributed by atoms with Crippen LogP contribution in [0.1, 0.15) is 57.3 Å². The topological polar surface area (TPSA) is 82.4 Å². The number of carbonyl (C=O) groups excluding carboxylic acids is 1. The van der Waals surface area contributed by atoms with Gasteiger partial charge in [0.1, 0.15) is 23.7 Å². The highest BCUT2D eigenvalue weighted by Crippen LogP contribution is 2.30. The van der Waals surface area contributed by atoms with E-state index in [0.717, 1.165) is 30.7 Å². The predicted molar refractivity (Wildman–Crippen MR) is 114 cm³/mol. The second kappa shape index (κ2) is 9.91. The van der Waals surface area contributed by atoms with Crippen molar-refractivity contribution in [3.05, 3.63) is 23.5 Å². The lowest BCUT2D eigenvalue weighted by atomic mass is 9.89. The molecule has 2 heterocycles. The van der Waals surface area contributed by atoms with Crippen molar-refractivity contribution in [3.8, 4) is 17.1 Å². The fourth-order valence-electron chi connectivity index (χ4n) is 3.87. The van der Waals surface area contributed by atoms with Crippen molar-refractivity contribution in [3.63, 3.8) is 0 Å². The number of amides is 1. The highest BCUT2D eigenvalue weighted by Gasteiger charge is 2.22. The average molecular weight is 416 g/mol. The number of carbonyl (C=O) groups is 1. The van der Waals surface area contributed by atoms with Crippen LogP contribution < -0.4 is 4.74 Å². The minimum atomic E-state index is -0.362. The van der Waals surface area contributed by atoms with Gasteiger partial charge in [-0.2, -0.15) is 0 Å². The van der Waals surface area contributed by atoms with Gasteiger partial charge in [0.05, 0.1) is 17.5 Å². The largest absolute Gasteiger partial charge is 0.489 e. The Morgan fingerprint density at radius 3 is 2.83 bits per heavy atom. The lowest BCUT2D eigenvalue weighted by molar-refractivity contribution is 0.103. The number of aromatic nitrogens is 4. The Hall–Kier alpha value is -2.64. The highest BCUT2D eigenvalue weighted by atomic mass is 16.6. The minimum absolute atomic E-state index is 0.0880. The molecule has 3 rings (SSSR count). The summed E-state index contributed by atoms with van der Waals surface area (Å²) in [5, 5.41) is 8.34. The fraction of sp³-hybridized carbons (Fsp3) is 0.636. The highest BCUT2D eigenvalue weighted by molar-refractivity contribution is 5.67. The lowest BCUT2D eigenvalue weighted by Crippen LogP contribution is -2.28. The summed E-state index contributed by atoms with van der Waals surface area (Å²) in [6.07, 6.45) is 5.45. The van der Waals surface area contributed by atoms with Crippen molar-refractivity contribution >= 4 is 6.09 Å². The Morgan fingerprint density at radius 2 is 2.13 bits per heavy atom. The molecule has 8 nitrogen and oxygen atoms in total. The van der Waals surface area contributed by atoms with Crippen molar-refractivity contribution in [2.45, 2.75) is 65.6 Å². The van der Waals surface area contributed by atoms with Gasteiger partial charge in [-0.25, -0.2) is 14.5 Å². The smallest absolute Gasteiger partial charge is 0.409 e. The average Bonchev–Trinajstić information content (AvgIpc) is 3.08. The first kappa shape index (κ1) is 22.1. The molecule has 30 heavy (non-hydrogen) atoms. The fourth-order valence-corrected chi connectivity index (χ4v) is 3.87. The van der Waals surface area contributed by atoms with E-state index >= 15 is 0 Å². The van der Waals surface area contributed by atoms with Crippen LogP contribution >= 0.6 is 0 Å². The molecular weight excluding hydrogens is 382 g/mol. The monoisotopic (exact) mass is 415 g/mol. The van der Waals surface area contributed by atoms with Gasteiger partial charge in [-0.05, 0) is 50.7 Å². The van der Waals surface area contributed by atoms with Crippen molar-refractivity contribution < 1.29 is 14.3 Å². The van der Waals surface area contributed by atoms with Crippen molar-refractivity contribution in [1.82, 2.24) is 24.9 Å². The summed E-state index contributed by atoms with van der Waals surface area (Å²) in [4.78, 5) is 18.4. The van der Waals surface area contributed by atoms with Gasteiger partial charge < -0.3 is 14.4 Å². The zero-order valence-corrected chi connectivity index (χ0v) is 18.7. The molecule has 2 atom stereocenters. The van der Waals surface area contributed by atoms with Crippen LogP contribution in [0.5, 0.6) is 5.75 Å². The molecule has 8 heteroatoms. The maximum absolute atomic E-state index is 12.1. The first-order valence-electron chi connectivity index (χ1n) is 10.8. The molecule has 0 radical (unpaired) electrons. The number of hydrogen-bond donors (Lipinski definition) is 0. The maximum atomic E-state index is 12.1. The third kappa shape index (κ3) is 5.29. The van der Waals surface area contributed by atoms with Gasteiger partial charge in [0.25, 0.3) is 0 Å². The lowest BCUT2D eigenvalue weighted by Gasteiger charge is -2.27. The number of hydrogen-bond acceptors (Lipinski definition) is 6. The van der Waals surface area contributed by atoms with Crippen molar-refractivity contribution in [2.24, 2.45) is 13.0 Å². The molecule has 2 aromatic rings. The molecule has 1 aliphatic rings. The van der Waals surface area contributed by atoms with E-state index in [1.807, 2.05) is 26.0 Å². The SMILES string of the molecule is CCCN(C)C(=O)OCc1c(-c2ccc(O[C@H]3CCC[C@H](C)C3)c(C)n2)nnn1C. The molecule has 2 aromatic heterocycles. The molecule has 0 N–H and O–H groups in total. The van der Waals surface area contributed by atoms with Crippen LogP contribution in [0.3, 0.4) is 0 Å². The minimum Gasteiger partial charge on any atom is -0.489 e. The van der Waals surface area contributed by atoms with Crippen LogP contribution in [-0.4, -0.2) is 50.7 Å². The third-order valence-electron chi connectivity index (χ3n) is 5.61. The zero-order valence-electron chi connectivity index (χ0n) is 18.7. The second-order valence-electron chi connectivity index (χ2n) is 8.28. The van der Waals surface area contributed by atoms with E-state index in [9.17, 15) is 4.79 Å². The molecule has 0 aliphatic heterocycles. The summed E-state index contributed by atoms with van der Waals surface area (Å²) in [7, 11) is 3.51. The number of nitrogens with zero attached hydrogens (tertiary/aromatic N) is 5. The predicted octanol–water partition coefficient (Wildman–Crippen LogP) is 4.12. The molecule has 0 bridgehead atoms. The quantitative estimate of drug-likeness (QED) is 0.676. The Balaban J connectivity index is 1.72. The van der Waals surface area contributed by atoms with E-state index in [4.69, 9.17) is 14.5 Å². The van der Waals surface area contributed by atoms with Gasteiger partial charge in [0.2, 0.25) is 0 Å². The number of ether oxygens (including phenoxy) is 2. The van der Waals surface area contributed by atoms with E-state index in [1.165, 1.54) is 12.8 Å². The number of rotatable bonds is 7. The number of pyridine rings is 1. The molecule has 1 fully saturated rings. The zero-order chi connectivity index (χ0) is 21.7. The van der Waals surface area contributed by atoms with Gasteiger partial charge in [-0.15, -0.1) is 5.10 Å². The summed E-state index contributed by atoms with van der Waals surface area (Å²) < 4.78 is 13.3. The molecule has 0 unspecified atom stereocenters. The summed E-state index contributed by atoms with van der Waals surface area (Å²) >= 11 is 0. The van der Waals surface area contributed by atoms with Gasteiger partial charge in [-0.3, -0.25) is 0 Å². The first-order chi connectivity index (χ1) is 14.4. The normalized spacial score (nSPS) is 18.8. The summed E-state index contributed by atoms with van der Waals surface area (Å²) in [6.45, 7) is 6.98. The Bertz CT molecular complexity index is 866. The van der Waals surface area contributed by atoms with Gasteiger partial charge >= 0.3 is 6.09 Å². The van der Waals surface area contributed by atoms with Crippen LogP contribution in [0.25, 0.3) is 11.4 Å². The molecule has 0 saturated heterocycles. The molecule has 1 aliphatic carbocycles. The van der Waals surface area contributed by atoms with Crippen molar-refractivity contribution in [2.75, 3.05) is 13.6 Å². The van der Waals surface area contributed by atoms with E-state index in [2.05, 4.69) is 17.2 Å². The standard InChI is InChI=1S/C22H33N5O3/c1-6-12-26(4)22(28)29-14-19-21(24-25-27(19)5)18-10-11-20(16(3)23-18)30-17-9-7-8-15(2)13-17/h10-11,15,17H,6-9,12-14H2,1-5H3/t15-,17-/m0/s1. The first-order valence-corrected chi connectivity index (χ1v) is 10.8. The summed E-state index contributed by atoms with van der Waals surface area (Å²) in [6, 6.07) is 3.85. The van der Waals surface area contributed by atoms with Crippen LogP contribution in [0, 0.1) is 12.8 Å². The Kier molecular flexibility index (Phi) is 7.29. The second-order valence-corrected chi connectivity index (χ2v) is 8.28. The van der Waals surface area contributed by atoms with Gasteiger partial charge in [0, 0.05) is 20.6 Å². The summed E-state index contributed by atoms with van der Waals surface area (Å²) in [5.41, 5.74) is 2.83. The van der Waals surface area contributed by atoms with E-state index in [1.54, 1.807) is 23.7 Å². The molecule has 0 aromatic carbocycles. The molecule has 1 amide bonds. The molecule has 0 spiro atoms.